The Balaban J connectivity index is 2.38. The van der Waals surface area contributed by atoms with Gasteiger partial charge in [-0.25, -0.2) is 0 Å². The van der Waals surface area contributed by atoms with Crippen LogP contribution in [0.3, 0.4) is 0 Å². The van der Waals surface area contributed by atoms with E-state index in [1.165, 1.54) is 0 Å². The lowest BCUT2D eigenvalue weighted by molar-refractivity contribution is 0.146. The molecule has 1 aromatic rings. The average Bonchev–Trinajstić information content (AvgIpc) is 2.70. The molecule has 0 amide bonds. The Morgan fingerprint density at radius 3 is 2.73 bits per heavy atom. The molecule has 1 aliphatic carbocycles. The summed E-state index contributed by atoms with van der Waals surface area (Å²) in [5.41, 5.74) is 1.23. The van der Waals surface area contributed by atoms with Crippen molar-refractivity contribution in [1.82, 2.24) is 4.98 Å². The summed E-state index contributed by atoms with van der Waals surface area (Å²) in [5, 5.41) is 9.66. The molecule has 0 atom stereocenters. The van der Waals surface area contributed by atoms with Gasteiger partial charge >= 0.3 is 0 Å². The summed E-state index contributed by atoms with van der Waals surface area (Å²) in [6.45, 7) is 1.94. The molecule has 58 valence electrons. The highest BCUT2D eigenvalue weighted by molar-refractivity contribution is 5.21. The normalized spacial score (nSPS) is 19.8. The maximum atomic E-state index is 9.66. The van der Waals surface area contributed by atoms with E-state index in [4.69, 9.17) is 0 Å². The first-order chi connectivity index (χ1) is 5.21. The van der Waals surface area contributed by atoms with Crippen molar-refractivity contribution in [3.05, 3.63) is 29.6 Å². The van der Waals surface area contributed by atoms with Gasteiger partial charge in [0.05, 0.1) is 5.69 Å². The highest BCUT2D eigenvalue weighted by atomic mass is 16.3. The Labute approximate surface area is 65.9 Å². The van der Waals surface area contributed by atoms with E-state index in [0.717, 1.165) is 24.2 Å². The van der Waals surface area contributed by atoms with Crippen LogP contribution in [-0.2, 0) is 5.60 Å². The SMILES string of the molecule is Cc1cccc(C2(O)CC2)n1. The van der Waals surface area contributed by atoms with E-state index in [-0.39, 0.29) is 0 Å². The molecule has 1 heterocycles. The minimum atomic E-state index is -0.577. The molecule has 1 aromatic heterocycles. The smallest absolute Gasteiger partial charge is 0.107 e. The third kappa shape index (κ3) is 1.14. The maximum absolute atomic E-state index is 9.66. The van der Waals surface area contributed by atoms with Crippen molar-refractivity contribution in [2.45, 2.75) is 25.4 Å². The first-order valence-corrected chi connectivity index (χ1v) is 3.87. The standard InChI is InChI=1S/C9H11NO/c1-7-3-2-4-8(10-7)9(11)5-6-9/h2-4,11H,5-6H2,1H3. The fraction of sp³-hybridized carbons (Fsp3) is 0.444. The zero-order valence-corrected chi connectivity index (χ0v) is 6.54. The molecule has 0 unspecified atom stereocenters. The maximum Gasteiger partial charge on any atom is 0.107 e. The topological polar surface area (TPSA) is 33.1 Å². The van der Waals surface area contributed by atoms with Crippen molar-refractivity contribution in [3.63, 3.8) is 0 Å². The summed E-state index contributed by atoms with van der Waals surface area (Å²) in [4.78, 5) is 4.26. The summed E-state index contributed by atoms with van der Waals surface area (Å²) >= 11 is 0. The Kier molecular flexibility index (Phi) is 1.26. The van der Waals surface area contributed by atoms with Gasteiger partial charge in [-0.3, -0.25) is 4.98 Å². The van der Waals surface area contributed by atoms with Crippen LogP contribution in [0.15, 0.2) is 18.2 Å². The third-order valence-electron chi connectivity index (χ3n) is 2.09. The van der Waals surface area contributed by atoms with Crippen LogP contribution in [0, 0.1) is 6.92 Å². The quantitative estimate of drug-likeness (QED) is 0.654. The molecule has 1 N–H and O–H groups in total. The Hall–Kier alpha value is -0.890. The Morgan fingerprint density at radius 1 is 1.45 bits per heavy atom. The number of hydrogen-bond acceptors (Lipinski definition) is 2. The van der Waals surface area contributed by atoms with Crippen LogP contribution < -0.4 is 0 Å². The first kappa shape index (κ1) is 6.80. The molecule has 11 heavy (non-hydrogen) atoms. The van der Waals surface area contributed by atoms with Gasteiger partial charge in [-0.15, -0.1) is 0 Å². The fourth-order valence-corrected chi connectivity index (χ4v) is 1.18. The molecule has 0 saturated heterocycles. The molecule has 0 aliphatic heterocycles. The summed E-state index contributed by atoms with van der Waals surface area (Å²) in [6.07, 6.45) is 1.73. The summed E-state index contributed by atoms with van der Waals surface area (Å²) in [7, 11) is 0. The summed E-state index contributed by atoms with van der Waals surface area (Å²) in [6, 6.07) is 5.77. The van der Waals surface area contributed by atoms with E-state index < -0.39 is 5.60 Å². The number of nitrogens with zero attached hydrogens (tertiary/aromatic N) is 1. The zero-order valence-electron chi connectivity index (χ0n) is 6.54. The van der Waals surface area contributed by atoms with E-state index in [1.54, 1.807) is 0 Å². The predicted octanol–water partition coefficient (Wildman–Crippen LogP) is 1.37. The third-order valence-corrected chi connectivity index (χ3v) is 2.09. The minimum absolute atomic E-state index is 0.577. The van der Waals surface area contributed by atoms with E-state index in [2.05, 4.69) is 4.98 Å². The van der Waals surface area contributed by atoms with Gasteiger partial charge < -0.3 is 5.11 Å². The lowest BCUT2D eigenvalue weighted by Crippen LogP contribution is -2.07. The van der Waals surface area contributed by atoms with Crippen molar-refractivity contribution >= 4 is 0 Å². The largest absolute Gasteiger partial charge is 0.384 e. The van der Waals surface area contributed by atoms with E-state index in [1.807, 2.05) is 25.1 Å². The van der Waals surface area contributed by atoms with Crippen LogP contribution in [-0.4, -0.2) is 10.1 Å². The van der Waals surface area contributed by atoms with Crippen molar-refractivity contribution in [3.8, 4) is 0 Å². The summed E-state index contributed by atoms with van der Waals surface area (Å²) in [5.74, 6) is 0. The van der Waals surface area contributed by atoms with Crippen LogP contribution >= 0.6 is 0 Å². The number of aromatic nitrogens is 1. The molecule has 0 aromatic carbocycles. The average molecular weight is 149 g/mol. The van der Waals surface area contributed by atoms with Crippen molar-refractivity contribution in [2.24, 2.45) is 0 Å². The Morgan fingerprint density at radius 2 is 2.18 bits per heavy atom. The van der Waals surface area contributed by atoms with E-state index >= 15 is 0 Å². The van der Waals surface area contributed by atoms with Crippen molar-refractivity contribution < 1.29 is 5.11 Å². The highest BCUT2D eigenvalue weighted by Gasteiger charge is 2.43. The van der Waals surface area contributed by atoms with Crippen LogP contribution in [0.25, 0.3) is 0 Å². The van der Waals surface area contributed by atoms with Gasteiger partial charge in [0, 0.05) is 5.69 Å². The van der Waals surface area contributed by atoms with E-state index in [0.29, 0.717) is 0 Å². The van der Waals surface area contributed by atoms with Gasteiger partial charge in [0.1, 0.15) is 5.60 Å². The van der Waals surface area contributed by atoms with Gasteiger partial charge in [-0.1, -0.05) is 6.07 Å². The molecule has 0 bridgehead atoms. The monoisotopic (exact) mass is 149 g/mol. The summed E-state index contributed by atoms with van der Waals surface area (Å²) < 4.78 is 0. The second kappa shape index (κ2) is 2.05. The van der Waals surface area contributed by atoms with Crippen LogP contribution in [0.5, 0.6) is 0 Å². The van der Waals surface area contributed by atoms with Gasteiger partial charge in [-0.2, -0.15) is 0 Å². The first-order valence-electron chi connectivity index (χ1n) is 3.87. The molecule has 2 rings (SSSR count). The molecular formula is C9H11NO. The molecule has 2 nitrogen and oxygen atoms in total. The number of hydrogen-bond donors (Lipinski definition) is 1. The number of aryl methyl sites for hydroxylation is 1. The van der Waals surface area contributed by atoms with Crippen LogP contribution in [0.2, 0.25) is 0 Å². The second-order valence-corrected chi connectivity index (χ2v) is 3.20. The molecule has 0 spiro atoms. The molecule has 1 saturated carbocycles. The number of rotatable bonds is 1. The highest BCUT2D eigenvalue weighted by Crippen LogP contribution is 2.44. The van der Waals surface area contributed by atoms with Crippen molar-refractivity contribution in [2.75, 3.05) is 0 Å². The van der Waals surface area contributed by atoms with Gasteiger partial charge in [0.15, 0.2) is 0 Å². The van der Waals surface area contributed by atoms with E-state index in [9.17, 15) is 5.11 Å². The number of aliphatic hydroxyl groups is 1. The lowest BCUT2D eigenvalue weighted by Gasteiger charge is -2.06. The van der Waals surface area contributed by atoms with Gasteiger partial charge in [0.2, 0.25) is 0 Å². The van der Waals surface area contributed by atoms with Gasteiger partial charge in [-0.05, 0) is 31.9 Å². The zero-order chi connectivity index (χ0) is 7.90. The number of pyridine rings is 1. The minimum Gasteiger partial charge on any atom is -0.384 e. The molecule has 1 aliphatic rings. The van der Waals surface area contributed by atoms with Crippen LogP contribution in [0.1, 0.15) is 24.2 Å². The molecule has 0 radical (unpaired) electrons. The second-order valence-electron chi connectivity index (χ2n) is 3.20. The molecule has 1 fully saturated rings. The lowest BCUT2D eigenvalue weighted by atomic mass is 10.2. The molecule has 2 heteroatoms. The Bertz CT molecular complexity index is 279. The van der Waals surface area contributed by atoms with Crippen LogP contribution in [0.4, 0.5) is 0 Å². The van der Waals surface area contributed by atoms with Gasteiger partial charge in [0.25, 0.3) is 0 Å². The van der Waals surface area contributed by atoms with Crippen molar-refractivity contribution in [1.29, 1.82) is 0 Å². The fourth-order valence-electron chi connectivity index (χ4n) is 1.18. The predicted molar refractivity (Wildman–Crippen MR) is 42.1 cm³/mol. The molecular weight excluding hydrogens is 138 g/mol.